The maximum absolute atomic E-state index is 5.17. The molecule has 0 spiro atoms. The molecule has 0 unspecified atom stereocenters. The van der Waals surface area contributed by atoms with Gasteiger partial charge in [-0.2, -0.15) is 0 Å². The van der Waals surface area contributed by atoms with E-state index in [0.29, 0.717) is 6.42 Å². The van der Waals surface area contributed by atoms with Crippen molar-refractivity contribution < 1.29 is 4.42 Å². The lowest BCUT2D eigenvalue weighted by Gasteiger charge is -1.99. The van der Waals surface area contributed by atoms with Crippen molar-refractivity contribution >= 4 is 18.8 Å². The number of aliphatic imine (C=N–C) groups is 1. The summed E-state index contributed by atoms with van der Waals surface area (Å²) in [4.78, 5) is 13.0. The molecule has 3 aromatic heterocycles. The molecule has 0 amide bonds. The summed E-state index contributed by atoms with van der Waals surface area (Å²) < 4.78 is 5.17. The molecule has 3 aromatic rings. The normalized spacial score (nSPS) is 11.2. The fourth-order valence-corrected chi connectivity index (χ4v) is 2.34. The molecular formula is C21H23N3OS. The van der Waals surface area contributed by atoms with Crippen molar-refractivity contribution in [2.75, 3.05) is 0 Å². The van der Waals surface area contributed by atoms with Crippen LogP contribution in [0.15, 0.2) is 88.0 Å². The van der Waals surface area contributed by atoms with Gasteiger partial charge in [0.05, 0.1) is 6.26 Å². The minimum Gasteiger partial charge on any atom is -0.469 e. The topological polar surface area (TPSA) is 51.3 Å². The highest BCUT2D eigenvalue weighted by Gasteiger charge is 1.96. The van der Waals surface area contributed by atoms with Gasteiger partial charge in [0, 0.05) is 48.5 Å². The number of nitrogens with zero attached hydrogens (tertiary/aromatic N) is 3. The minimum atomic E-state index is 0.706. The maximum Gasteiger partial charge on any atom is 0.108 e. The zero-order chi connectivity index (χ0) is 18.5. The molecule has 3 heterocycles. The average molecular weight is 366 g/mol. The number of thiol groups is 1. The molecule has 0 fully saturated rings. The van der Waals surface area contributed by atoms with Gasteiger partial charge < -0.3 is 4.42 Å². The molecule has 134 valence electrons. The second kappa shape index (κ2) is 11.8. The smallest absolute Gasteiger partial charge is 0.108 e. The summed E-state index contributed by atoms with van der Waals surface area (Å²) in [6.07, 6.45) is 15.1. The predicted octanol–water partition coefficient (Wildman–Crippen LogP) is 5.14. The molecule has 0 bridgehead atoms. The van der Waals surface area contributed by atoms with Gasteiger partial charge in [-0.3, -0.25) is 15.0 Å². The zero-order valence-corrected chi connectivity index (χ0v) is 15.7. The van der Waals surface area contributed by atoms with Crippen molar-refractivity contribution in [1.29, 1.82) is 0 Å². The summed E-state index contributed by atoms with van der Waals surface area (Å²) in [5.74, 6) is 0.910. The van der Waals surface area contributed by atoms with Crippen LogP contribution in [0.1, 0.15) is 30.2 Å². The highest BCUT2D eigenvalue weighted by atomic mass is 32.1. The van der Waals surface area contributed by atoms with Crippen LogP contribution in [0.3, 0.4) is 0 Å². The quantitative estimate of drug-likeness (QED) is 0.486. The lowest BCUT2D eigenvalue weighted by molar-refractivity contribution is 0.522. The van der Waals surface area contributed by atoms with Gasteiger partial charge in [0.25, 0.3) is 0 Å². The van der Waals surface area contributed by atoms with Crippen LogP contribution in [0.5, 0.6) is 0 Å². The molecule has 0 aliphatic rings. The van der Waals surface area contributed by atoms with Gasteiger partial charge in [0.15, 0.2) is 0 Å². The molecule has 0 N–H and O–H groups in total. The Labute approximate surface area is 160 Å². The second-order valence-corrected chi connectivity index (χ2v) is 6.08. The van der Waals surface area contributed by atoms with Crippen LogP contribution in [0.25, 0.3) is 0 Å². The molecule has 26 heavy (non-hydrogen) atoms. The highest BCUT2D eigenvalue weighted by molar-refractivity contribution is 7.84. The van der Waals surface area contributed by atoms with E-state index >= 15 is 0 Å². The van der Waals surface area contributed by atoms with Gasteiger partial charge in [-0.05, 0) is 54.3 Å². The molecule has 0 radical (unpaired) electrons. The third kappa shape index (κ3) is 7.94. The molecular weight excluding hydrogens is 342 g/mol. The third-order valence-corrected chi connectivity index (χ3v) is 3.60. The number of pyridine rings is 2. The molecule has 0 aliphatic carbocycles. The Morgan fingerprint density at radius 1 is 1.08 bits per heavy atom. The number of hydrogen-bond donors (Lipinski definition) is 1. The van der Waals surface area contributed by atoms with Crippen molar-refractivity contribution in [3.05, 3.63) is 95.4 Å². The first-order valence-electron chi connectivity index (χ1n) is 8.47. The SMILES string of the molecule is CCC=N/C=C(\S)Cc1ccco1.c1cncc(Cc2ccncc2)c1. The zero-order valence-electron chi connectivity index (χ0n) is 14.8. The van der Waals surface area contributed by atoms with E-state index in [0.717, 1.165) is 23.5 Å². The van der Waals surface area contributed by atoms with Gasteiger partial charge >= 0.3 is 0 Å². The lowest BCUT2D eigenvalue weighted by atomic mass is 10.1. The van der Waals surface area contributed by atoms with Crippen molar-refractivity contribution in [1.82, 2.24) is 9.97 Å². The summed E-state index contributed by atoms with van der Waals surface area (Å²) in [7, 11) is 0. The number of aromatic nitrogens is 2. The minimum absolute atomic E-state index is 0.706. The van der Waals surface area contributed by atoms with Crippen molar-refractivity contribution in [2.45, 2.75) is 26.2 Å². The molecule has 5 heteroatoms. The predicted molar refractivity (Wildman–Crippen MR) is 110 cm³/mol. The Kier molecular flexibility index (Phi) is 8.94. The Hall–Kier alpha value is -2.66. The number of allylic oxidation sites excluding steroid dienone is 1. The molecule has 4 nitrogen and oxygen atoms in total. The Morgan fingerprint density at radius 2 is 1.92 bits per heavy atom. The van der Waals surface area contributed by atoms with Crippen LogP contribution in [0, 0.1) is 0 Å². The van der Waals surface area contributed by atoms with E-state index in [-0.39, 0.29) is 0 Å². The van der Waals surface area contributed by atoms with Crippen molar-refractivity contribution in [2.24, 2.45) is 4.99 Å². The summed E-state index contributed by atoms with van der Waals surface area (Å²) in [6, 6.07) is 11.9. The van der Waals surface area contributed by atoms with E-state index in [1.165, 1.54) is 11.1 Å². The van der Waals surface area contributed by atoms with Crippen LogP contribution >= 0.6 is 12.6 Å². The van der Waals surface area contributed by atoms with E-state index < -0.39 is 0 Å². The van der Waals surface area contributed by atoms with Gasteiger partial charge in [-0.25, -0.2) is 0 Å². The number of furan rings is 1. The second-order valence-electron chi connectivity index (χ2n) is 5.51. The van der Waals surface area contributed by atoms with Crippen molar-refractivity contribution in [3.63, 3.8) is 0 Å². The average Bonchev–Trinajstić information content (AvgIpc) is 3.17. The monoisotopic (exact) mass is 365 g/mol. The summed E-state index contributed by atoms with van der Waals surface area (Å²) in [5, 5.41) is 0. The standard InChI is InChI=1S/C11H10N2.C10H13NOS/c1-2-11(9-13-5-1)8-10-3-6-12-7-4-10;1-2-5-11-8-10(13)7-9-4-3-6-12-9/h1-7,9H,8H2;3-6,8,13H,2,7H2,1H3/b;10-8-,11-5?. The van der Waals surface area contributed by atoms with Gasteiger partial charge in [-0.15, -0.1) is 12.6 Å². The highest BCUT2D eigenvalue weighted by Crippen LogP contribution is 2.11. The van der Waals surface area contributed by atoms with Gasteiger partial charge in [0.2, 0.25) is 0 Å². The van der Waals surface area contributed by atoms with Crippen LogP contribution in [-0.4, -0.2) is 16.2 Å². The van der Waals surface area contributed by atoms with Crippen molar-refractivity contribution in [3.8, 4) is 0 Å². The summed E-state index contributed by atoms with van der Waals surface area (Å²) in [5.41, 5.74) is 2.50. The van der Waals surface area contributed by atoms with Gasteiger partial charge in [-0.1, -0.05) is 13.0 Å². The molecule has 0 aliphatic heterocycles. The Bertz CT molecular complexity index is 747. The Morgan fingerprint density at radius 3 is 2.58 bits per heavy atom. The number of rotatable bonds is 6. The Balaban J connectivity index is 0.000000187. The van der Waals surface area contributed by atoms with Gasteiger partial charge in [0.1, 0.15) is 5.76 Å². The largest absolute Gasteiger partial charge is 0.469 e. The lowest BCUT2D eigenvalue weighted by Crippen LogP contribution is -1.88. The van der Waals surface area contributed by atoms with Crippen LogP contribution in [0.2, 0.25) is 0 Å². The molecule has 0 atom stereocenters. The molecule has 0 aromatic carbocycles. The molecule has 0 saturated heterocycles. The van der Waals surface area contributed by atoms with E-state index in [1.807, 2.05) is 62.1 Å². The van der Waals surface area contributed by atoms with E-state index in [2.05, 4.69) is 33.7 Å². The summed E-state index contributed by atoms with van der Waals surface area (Å²) in [6.45, 7) is 2.04. The van der Waals surface area contributed by atoms with E-state index in [9.17, 15) is 0 Å². The maximum atomic E-state index is 5.17. The van der Waals surface area contributed by atoms with E-state index in [4.69, 9.17) is 4.42 Å². The first-order chi connectivity index (χ1) is 12.8. The fourth-order valence-electron chi connectivity index (χ4n) is 2.12. The third-order valence-electron chi connectivity index (χ3n) is 3.33. The first kappa shape index (κ1) is 19.7. The summed E-state index contributed by atoms with van der Waals surface area (Å²) >= 11 is 4.28. The number of hydrogen-bond acceptors (Lipinski definition) is 5. The van der Waals surface area contributed by atoms with Crippen LogP contribution in [0.4, 0.5) is 0 Å². The van der Waals surface area contributed by atoms with Crippen LogP contribution in [-0.2, 0) is 12.8 Å². The fraction of sp³-hybridized carbons (Fsp3) is 0.190. The molecule has 3 rings (SSSR count). The van der Waals surface area contributed by atoms with E-state index in [1.54, 1.807) is 18.7 Å². The van der Waals surface area contributed by atoms with Crippen LogP contribution < -0.4 is 0 Å². The molecule has 0 saturated carbocycles. The first-order valence-corrected chi connectivity index (χ1v) is 8.92.